The minimum atomic E-state index is -0.0862. The predicted molar refractivity (Wildman–Crippen MR) is 126 cm³/mol. The lowest BCUT2D eigenvalue weighted by atomic mass is 9.96. The van der Waals surface area contributed by atoms with Gasteiger partial charge in [-0.05, 0) is 48.6 Å². The Hall–Kier alpha value is -2.86. The molecule has 2 amide bonds. The van der Waals surface area contributed by atoms with E-state index in [0.29, 0.717) is 19.5 Å². The summed E-state index contributed by atoms with van der Waals surface area (Å²) in [6, 6.07) is 17.8. The van der Waals surface area contributed by atoms with Gasteiger partial charge in [0.1, 0.15) is 5.75 Å². The number of amides is 2. The lowest BCUT2D eigenvalue weighted by molar-refractivity contribution is -0.134. The number of benzene rings is 2. The van der Waals surface area contributed by atoms with E-state index in [0.717, 1.165) is 49.5 Å². The van der Waals surface area contributed by atoms with E-state index in [2.05, 4.69) is 11.8 Å². The van der Waals surface area contributed by atoms with E-state index in [9.17, 15) is 9.59 Å². The van der Waals surface area contributed by atoms with Crippen LogP contribution in [-0.4, -0.2) is 67.5 Å². The van der Waals surface area contributed by atoms with Crippen LogP contribution in [0, 0.1) is 0 Å². The second-order valence-corrected chi connectivity index (χ2v) is 8.78. The van der Waals surface area contributed by atoms with Crippen molar-refractivity contribution in [2.24, 2.45) is 0 Å². The Morgan fingerprint density at radius 3 is 2.50 bits per heavy atom. The molecule has 6 heteroatoms. The molecule has 2 fully saturated rings. The van der Waals surface area contributed by atoms with Crippen LogP contribution >= 0.6 is 0 Å². The van der Waals surface area contributed by atoms with Gasteiger partial charge in [-0.15, -0.1) is 0 Å². The van der Waals surface area contributed by atoms with E-state index in [1.54, 1.807) is 7.11 Å². The predicted octanol–water partition coefficient (Wildman–Crippen LogP) is 3.53. The molecule has 6 nitrogen and oxygen atoms in total. The molecule has 32 heavy (non-hydrogen) atoms. The van der Waals surface area contributed by atoms with Crippen LogP contribution in [0.3, 0.4) is 0 Å². The standard InChI is InChI=1S/C26H33N3O3/c1-20(21-8-6-11-23(19-21)32-2)18-25(30)28-16-14-27(15-17-28)24-12-7-13-29(26(24)31)22-9-4-3-5-10-22/h3-6,8-11,19-20,24H,7,12-18H2,1-2H3/t20-,24-/m0/s1. The van der Waals surface area contributed by atoms with Crippen LogP contribution in [-0.2, 0) is 9.59 Å². The number of nitrogens with zero attached hydrogens (tertiary/aromatic N) is 3. The summed E-state index contributed by atoms with van der Waals surface area (Å²) in [6.07, 6.45) is 2.38. The number of hydrogen-bond donors (Lipinski definition) is 0. The average Bonchev–Trinajstić information content (AvgIpc) is 2.85. The maximum atomic E-state index is 13.2. The van der Waals surface area contributed by atoms with Gasteiger partial charge in [-0.2, -0.15) is 0 Å². The lowest BCUT2D eigenvalue weighted by Gasteiger charge is -2.42. The molecule has 2 aliphatic rings. The third kappa shape index (κ3) is 4.96. The van der Waals surface area contributed by atoms with E-state index in [1.807, 2.05) is 64.4 Å². The van der Waals surface area contributed by atoms with Crippen molar-refractivity contribution in [2.75, 3.05) is 44.7 Å². The highest BCUT2D eigenvalue weighted by atomic mass is 16.5. The quantitative estimate of drug-likeness (QED) is 0.697. The molecule has 0 bridgehead atoms. The van der Waals surface area contributed by atoms with Crippen molar-refractivity contribution in [2.45, 2.75) is 38.1 Å². The molecule has 0 aromatic heterocycles. The highest BCUT2D eigenvalue weighted by molar-refractivity contribution is 5.97. The third-order valence-electron chi connectivity index (χ3n) is 6.73. The van der Waals surface area contributed by atoms with Crippen molar-refractivity contribution >= 4 is 17.5 Å². The lowest BCUT2D eigenvalue weighted by Crippen LogP contribution is -2.58. The molecule has 170 valence electrons. The number of rotatable bonds is 6. The zero-order valence-electron chi connectivity index (χ0n) is 19.1. The van der Waals surface area contributed by atoms with Gasteiger partial charge in [0.2, 0.25) is 11.8 Å². The summed E-state index contributed by atoms with van der Waals surface area (Å²) in [5, 5.41) is 0. The molecule has 2 atom stereocenters. The van der Waals surface area contributed by atoms with Crippen LogP contribution < -0.4 is 9.64 Å². The molecule has 2 aliphatic heterocycles. The van der Waals surface area contributed by atoms with Crippen LogP contribution in [0.1, 0.15) is 37.7 Å². The molecule has 2 saturated heterocycles. The number of ether oxygens (including phenoxy) is 1. The first kappa shape index (κ1) is 22.3. The molecule has 0 N–H and O–H groups in total. The normalized spacial score (nSPS) is 20.8. The third-order valence-corrected chi connectivity index (χ3v) is 6.73. The summed E-state index contributed by atoms with van der Waals surface area (Å²) in [6.45, 7) is 5.72. The van der Waals surface area contributed by atoms with Gasteiger partial charge in [-0.25, -0.2) is 0 Å². The number of para-hydroxylation sites is 1. The fourth-order valence-corrected chi connectivity index (χ4v) is 4.80. The first-order valence-corrected chi connectivity index (χ1v) is 11.6. The SMILES string of the molecule is COc1cccc([C@@H](C)CC(=O)N2CCN([C@H]3CCCN(c4ccccc4)C3=O)CC2)c1. The fourth-order valence-electron chi connectivity index (χ4n) is 4.80. The smallest absolute Gasteiger partial charge is 0.244 e. The Kier molecular flexibility index (Phi) is 7.10. The Morgan fingerprint density at radius 2 is 1.78 bits per heavy atom. The van der Waals surface area contributed by atoms with Gasteiger partial charge in [0.05, 0.1) is 13.2 Å². The summed E-state index contributed by atoms with van der Waals surface area (Å²) in [5.41, 5.74) is 2.09. The van der Waals surface area contributed by atoms with Gasteiger partial charge in [-0.3, -0.25) is 14.5 Å². The molecule has 2 heterocycles. The zero-order chi connectivity index (χ0) is 22.5. The van der Waals surface area contributed by atoms with Crippen LogP contribution in [0.25, 0.3) is 0 Å². The monoisotopic (exact) mass is 435 g/mol. The van der Waals surface area contributed by atoms with Crippen molar-refractivity contribution in [3.05, 3.63) is 60.2 Å². The Morgan fingerprint density at radius 1 is 1.03 bits per heavy atom. The van der Waals surface area contributed by atoms with Crippen molar-refractivity contribution in [1.82, 2.24) is 9.80 Å². The number of carbonyl (C=O) groups is 2. The number of piperidine rings is 1. The zero-order valence-corrected chi connectivity index (χ0v) is 19.1. The van der Waals surface area contributed by atoms with Crippen molar-refractivity contribution in [3.8, 4) is 5.75 Å². The van der Waals surface area contributed by atoms with Gasteiger partial charge < -0.3 is 14.5 Å². The van der Waals surface area contributed by atoms with Crippen LogP contribution in [0.4, 0.5) is 5.69 Å². The van der Waals surface area contributed by atoms with Crippen LogP contribution in [0.15, 0.2) is 54.6 Å². The average molecular weight is 436 g/mol. The first-order valence-electron chi connectivity index (χ1n) is 11.6. The minimum absolute atomic E-state index is 0.0862. The van der Waals surface area contributed by atoms with Crippen LogP contribution in [0.5, 0.6) is 5.75 Å². The Labute approximate surface area is 190 Å². The number of methoxy groups -OCH3 is 1. The van der Waals surface area contributed by atoms with Gasteiger partial charge in [0.15, 0.2) is 0 Å². The molecule has 4 rings (SSSR count). The van der Waals surface area contributed by atoms with Gasteiger partial charge in [-0.1, -0.05) is 37.3 Å². The first-order chi connectivity index (χ1) is 15.6. The van der Waals surface area contributed by atoms with Gasteiger partial charge in [0.25, 0.3) is 0 Å². The number of piperazine rings is 1. The molecule has 2 aromatic rings. The summed E-state index contributed by atoms with van der Waals surface area (Å²) in [5.74, 6) is 1.32. The van der Waals surface area contributed by atoms with Crippen molar-refractivity contribution in [3.63, 3.8) is 0 Å². The highest BCUT2D eigenvalue weighted by Gasteiger charge is 2.36. The molecular formula is C26H33N3O3. The minimum Gasteiger partial charge on any atom is -0.497 e. The second kappa shape index (κ2) is 10.2. The largest absolute Gasteiger partial charge is 0.497 e. The van der Waals surface area contributed by atoms with Crippen molar-refractivity contribution < 1.29 is 14.3 Å². The van der Waals surface area contributed by atoms with E-state index < -0.39 is 0 Å². The van der Waals surface area contributed by atoms with Gasteiger partial charge in [0, 0.05) is 44.8 Å². The maximum Gasteiger partial charge on any atom is 0.244 e. The van der Waals surface area contributed by atoms with E-state index in [1.165, 1.54) is 0 Å². The maximum absolute atomic E-state index is 13.2. The summed E-state index contributed by atoms with van der Waals surface area (Å²) in [4.78, 5) is 32.3. The Balaban J connectivity index is 1.31. The molecule has 0 aliphatic carbocycles. The molecule has 0 unspecified atom stereocenters. The summed E-state index contributed by atoms with van der Waals surface area (Å²) in [7, 11) is 1.66. The van der Waals surface area contributed by atoms with E-state index in [4.69, 9.17) is 4.74 Å². The summed E-state index contributed by atoms with van der Waals surface area (Å²) < 4.78 is 5.31. The molecular weight excluding hydrogens is 402 g/mol. The molecule has 0 saturated carbocycles. The van der Waals surface area contributed by atoms with Crippen LogP contribution in [0.2, 0.25) is 0 Å². The summed E-state index contributed by atoms with van der Waals surface area (Å²) >= 11 is 0. The topological polar surface area (TPSA) is 53.1 Å². The number of hydrogen-bond acceptors (Lipinski definition) is 4. The fraction of sp³-hybridized carbons (Fsp3) is 0.462. The van der Waals surface area contributed by atoms with Gasteiger partial charge >= 0.3 is 0 Å². The molecule has 0 radical (unpaired) electrons. The van der Waals surface area contributed by atoms with E-state index >= 15 is 0 Å². The van der Waals surface area contributed by atoms with Crippen molar-refractivity contribution in [1.29, 1.82) is 0 Å². The molecule has 2 aromatic carbocycles. The van der Waals surface area contributed by atoms with E-state index in [-0.39, 0.29) is 23.8 Å². The highest BCUT2D eigenvalue weighted by Crippen LogP contribution is 2.26. The molecule has 0 spiro atoms. The number of anilines is 1. The second-order valence-electron chi connectivity index (χ2n) is 8.78. The Bertz CT molecular complexity index is 925. The number of carbonyl (C=O) groups excluding carboxylic acids is 2.